The van der Waals surface area contributed by atoms with E-state index in [0.29, 0.717) is 32.4 Å². The summed E-state index contributed by atoms with van der Waals surface area (Å²) in [5, 5.41) is 4.54. The molecule has 186 valence electrons. The molecular weight excluding hydrogens is 497 g/mol. The lowest BCUT2D eigenvalue weighted by molar-refractivity contribution is -0.116. The Morgan fingerprint density at radius 3 is 2.28 bits per heavy atom. The number of pyridine rings is 1. The molecule has 0 atom stereocenters. The molecule has 1 N–H and O–H groups in total. The summed E-state index contributed by atoms with van der Waals surface area (Å²) in [5.41, 5.74) is 2.71. The van der Waals surface area contributed by atoms with E-state index in [1.54, 1.807) is 58.0 Å². The first-order valence-electron chi connectivity index (χ1n) is 11.4. The van der Waals surface area contributed by atoms with Crippen LogP contribution in [0.4, 0.5) is 5.69 Å². The molecule has 6 nitrogen and oxygen atoms in total. The molecule has 0 saturated carbocycles. The Bertz CT molecular complexity index is 1450. The number of fused-ring (bicyclic) bond motifs is 1. The first-order chi connectivity index (χ1) is 17.0. The third-order valence-corrected chi connectivity index (χ3v) is 6.16. The van der Waals surface area contributed by atoms with Gasteiger partial charge in [0.1, 0.15) is 5.69 Å². The van der Waals surface area contributed by atoms with Gasteiger partial charge in [0.25, 0.3) is 0 Å². The number of Topliss-reactive ketones (excluding diaryl/α,β-unsaturated/α-hetero) is 1. The number of rotatable bonds is 6. The molecule has 0 aliphatic rings. The molecule has 4 aromatic rings. The van der Waals surface area contributed by atoms with E-state index in [0.717, 1.165) is 11.1 Å². The van der Waals surface area contributed by atoms with Gasteiger partial charge in [0.15, 0.2) is 5.76 Å². The summed E-state index contributed by atoms with van der Waals surface area (Å²) in [6, 6.07) is 16.6. The highest BCUT2D eigenvalue weighted by Gasteiger charge is 2.32. The number of ketones is 1. The van der Waals surface area contributed by atoms with Crippen molar-refractivity contribution in [3.8, 4) is 22.4 Å². The molecule has 0 unspecified atom stereocenters. The van der Waals surface area contributed by atoms with Crippen molar-refractivity contribution in [1.82, 2.24) is 9.88 Å². The van der Waals surface area contributed by atoms with E-state index in [4.69, 9.17) is 32.6 Å². The Kier molecular flexibility index (Phi) is 7.23. The van der Waals surface area contributed by atoms with Crippen molar-refractivity contribution in [3.05, 3.63) is 70.4 Å². The third kappa shape index (κ3) is 5.31. The molecule has 2 aromatic carbocycles. The van der Waals surface area contributed by atoms with Crippen molar-refractivity contribution >= 4 is 51.7 Å². The van der Waals surface area contributed by atoms with Gasteiger partial charge in [-0.15, -0.1) is 0 Å². The molecule has 0 spiro atoms. The summed E-state index contributed by atoms with van der Waals surface area (Å²) in [4.78, 5) is 32.7. The zero-order valence-electron chi connectivity index (χ0n) is 20.8. The average molecular weight is 524 g/mol. The number of hydrogen-bond acceptors (Lipinski definition) is 5. The minimum absolute atomic E-state index is 0.0653. The second-order valence-corrected chi connectivity index (χ2v) is 10.7. The molecule has 0 aliphatic carbocycles. The van der Waals surface area contributed by atoms with Crippen LogP contribution in [-0.2, 0) is 4.79 Å². The summed E-state index contributed by atoms with van der Waals surface area (Å²) in [7, 11) is 3.59. The summed E-state index contributed by atoms with van der Waals surface area (Å²) in [6.07, 6.45) is 0. The number of furan rings is 1. The molecule has 4 rings (SSSR count). The maximum atomic E-state index is 13.3. The second kappa shape index (κ2) is 10.1. The van der Waals surface area contributed by atoms with Crippen LogP contribution >= 0.6 is 23.2 Å². The maximum absolute atomic E-state index is 13.3. The normalized spacial score (nSPS) is 11.8. The van der Waals surface area contributed by atoms with Crippen LogP contribution in [0.2, 0.25) is 10.0 Å². The van der Waals surface area contributed by atoms with Crippen LogP contribution in [0.5, 0.6) is 0 Å². The van der Waals surface area contributed by atoms with E-state index in [9.17, 15) is 9.59 Å². The molecule has 0 bridgehead atoms. The van der Waals surface area contributed by atoms with Crippen molar-refractivity contribution in [2.24, 2.45) is 5.41 Å². The van der Waals surface area contributed by atoms with Crippen LogP contribution in [-0.4, -0.2) is 42.2 Å². The third-order valence-electron chi connectivity index (χ3n) is 5.58. The predicted molar refractivity (Wildman–Crippen MR) is 146 cm³/mol. The maximum Gasteiger partial charge on any atom is 0.238 e. The van der Waals surface area contributed by atoms with Crippen LogP contribution in [0, 0.1) is 5.41 Å². The van der Waals surface area contributed by atoms with Crippen LogP contribution in [0.15, 0.2) is 59.0 Å². The molecule has 2 heterocycles. The van der Waals surface area contributed by atoms with E-state index < -0.39 is 5.41 Å². The van der Waals surface area contributed by atoms with Crippen molar-refractivity contribution < 1.29 is 14.0 Å². The first kappa shape index (κ1) is 25.9. The Morgan fingerprint density at radius 2 is 1.67 bits per heavy atom. The van der Waals surface area contributed by atoms with Crippen molar-refractivity contribution in [1.29, 1.82) is 0 Å². The number of carbonyl (C=O) groups is 2. The van der Waals surface area contributed by atoms with Gasteiger partial charge in [0, 0.05) is 26.6 Å². The van der Waals surface area contributed by atoms with Crippen LogP contribution in [0.3, 0.4) is 0 Å². The minimum atomic E-state index is -0.737. The van der Waals surface area contributed by atoms with Gasteiger partial charge in [-0.3, -0.25) is 9.59 Å². The number of nitrogens with one attached hydrogen (secondary N) is 1. The van der Waals surface area contributed by atoms with E-state index >= 15 is 0 Å². The number of carbonyl (C=O) groups excluding carboxylic acids is 2. The van der Waals surface area contributed by atoms with Crippen molar-refractivity contribution in [2.45, 2.75) is 20.8 Å². The summed E-state index contributed by atoms with van der Waals surface area (Å²) in [5.74, 6) is -0.447. The number of benzene rings is 2. The molecule has 1 amide bonds. The highest BCUT2D eigenvalue weighted by atomic mass is 35.5. The monoisotopic (exact) mass is 523 g/mol. The molecule has 36 heavy (non-hydrogen) atoms. The van der Waals surface area contributed by atoms with Crippen LogP contribution in [0.1, 0.15) is 31.3 Å². The van der Waals surface area contributed by atoms with Crippen molar-refractivity contribution in [3.63, 3.8) is 0 Å². The van der Waals surface area contributed by atoms with E-state index in [1.807, 2.05) is 36.4 Å². The number of nitrogens with zero attached hydrogens (tertiary/aromatic N) is 2. The second-order valence-electron chi connectivity index (χ2n) is 9.90. The minimum Gasteiger partial charge on any atom is -0.432 e. The Balaban J connectivity index is 2.03. The van der Waals surface area contributed by atoms with Gasteiger partial charge >= 0.3 is 0 Å². The van der Waals surface area contributed by atoms with E-state index in [-0.39, 0.29) is 29.7 Å². The SMILES string of the molecule is CN(C)CC(=O)Nc1c(C(=O)C(C)(C)C)oc2nc(-c3ccccc3Cl)c(-c3ccc(Cl)cc3)cc12. The quantitative estimate of drug-likeness (QED) is 0.270. The molecule has 2 aromatic heterocycles. The predicted octanol–water partition coefficient (Wildman–Crippen LogP) is 7.20. The van der Waals surface area contributed by atoms with Gasteiger partial charge in [-0.2, -0.15) is 0 Å². The van der Waals surface area contributed by atoms with Gasteiger partial charge in [0.2, 0.25) is 17.4 Å². The lowest BCUT2D eigenvalue weighted by Crippen LogP contribution is -2.28. The van der Waals surface area contributed by atoms with E-state index in [2.05, 4.69) is 5.32 Å². The van der Waals surface area contributed by atoms with Crippen molar-refractivity contribution in [2.75, 3.05) is 26.0 Å². The lowest BCUT2D eigenvalue weighted by Gasteiger charge is -2.16. The number of aromatic nitrogens is 1. The molecule has 0 radical (unpaired) electrons. The Hall–Kier alpha value is -3.19. The molecule has 0 fully saturated rings. The summed E-state index contributed by atoms with van der Waals surface area (Å²) in [6.45, 7) is 5.55. The van der Waals surface area contributed by atoms with Crippen LogP contribution < -0.4 is 5.32 Å². The largest absolute Gasteiger partial charge is 0.432 e. The smallest absolute Gasteiger partial charge is 0.238 e. The topological polar surface area (TPSA) is 75.4 Å². The van der Waals surface area contributed by atoms with Gasteiger partial charge in [-0.1, -0.05) is 74.3 Å². The molecular formula is C28H27Cl2N3O3. The highest BCUT2D eigenvalue weighted by molar-refractivity contribution is 6.33. The fourth-order valence-corrected chi connectivity index (χ4v) is 4.17. The van der Waals surface area contributed by atoms with E-state index in [1.165, 1.54) is 0 Å². The molecule has 0 aliphatic heterocycles. The first-order valence-corrected chi connectivity index (χ1v) is 12.2. The van der Waals surface area contributed by atoms with Gasteiger partial charge in [-0.25, -0.2) is 4.98 Å². The number of hydrogen-bond donors (Lipinski definition) is 1. The zero-order chi connectivity index (χ0) is 26.2. The number of amides is 1. The van der Waals surface area contributed by atoms with Gasteiger partial charge < -0.3 is 14.6 Å². The molecule has 8 heteroatoms. The highest BCUT2D eigenvalue weighted by Crippen LogP contribution is 2.41. The summed E-state index contributed by atoms with van der Waals surface area (Å²) >= 11 is 12.7. The Morgan fingerprint density at radius 1 is 1.00 bits per heavy atom. The lowest BCUT2D eigenvalue weighted by atomic mass is 9.88. The van der Waals surface area contributed by atoms with Crippen LogP contribution in [0.25, 0.3) is 33.5 Å². The number of halogens is 2. The Labute approximate surface area is 220 Å². The standard InChI is InChI=1S/C28H27Cl2N3O3/c1-28(2,3)26(35)25-24(31-22(34)15-33(4)5)20-14-19(16-10-12-17(29)13-11-16)23(32-27(20)36-25)18-8-6-7-9-21(18)30/h6-14H,15H2,1-5H3,(H,31,34). The van der Waals surface area contributed by atoms with Gasteiger partial charge in [-0.05, 0) is 43.9 Å². The average Bonchev–Trinajstić information content (AvgIpc) is 3.14. The van der Waals surface area contributed by atoms with Gasteiger partial charge in [0.05, 0.1) is 17.6 Å². The fraction of sp³-hybridized carbons (Fsp3) is 0.250. The zero-order valence-corrected chi connectivity index (χ0v) is 22.3. The number of anilines is 1. The molecule has 0 saturated heterocycles. The summed E-state index contributed by atoms with van der Waals surface area (Å²) < 4.78 is 6.05. The fourth-order valence-electron chi connectivity index (χ4n) is 3.82. The number of likely N-dealkylation sites (N-methyl/N-ethyl adjacent to an activating group) is 1.